The van der Waals surface area contributed by atoms with Gasteiger partial charge in [-0.2, -0.15) is 4.98 Å². The number of carbonyl (C=O) groups is 1. The molecular formula is C9H14ClN3O3. The zero-order valence-corrected chi connectivity index (χ0v) is 9.84. The molecule has 1 rings (SSSR count). The smallest absolute Gasteiger partial charge is 0.343 e. The third kappa shape index (κ3) is 2.90. The van der Waals surface area contributed by atoms with Crippen LogP contribution in [0.4, 0.5) is 11.5 Å². The number of halogens is 1. The maximum Gasteiger partial charge on any atom is 0.343 e. The number of ether oxygens (including phenoxy) is 2. The summed E-state index contributed by atoms with van der Waals surface area (Å²) in [6, 6.07) is 1.39. The van der Waals surface area contributed by atoms with Crippen LogP contribution in [0.5, 0.6) is 5.88 Å². The van der Waals surface area contributed by atoms with Gasteiger partial charge in [-0.15, -0.1) is 12.4 Å². The lowest BCUT2D eigenvalue weighted by atomic mass is 10.2. The molecule has 6 nitrogen and oxygen atoms in total. The molecule has 90 valence electrons. The van der Waals surface area contributed by atoms with Crippen molar-refractivity contribution in [1.29, 1.82) is 0 Å². The Hall–Kier alpha value is -1.69. The molecule has 1 heterocycles. The number of aromatic nitrogens is 1. The summed E-state index contributed by atoms with van der Waals surface area (Å²) in [5.41, 5.74) is 11.4. The summed E-state index contributed by atoms with van der Waals surface area (Å²) in [7, 11) is 1.27. The van der Waals surface area contributed by atoms with Crippen molar-refractivity contribution in [2.24, 2.45) is 0 Å². The van der Waals surface area contributed by atoms with Crippen LogP contribution >= 0.6 is 12.4 Å². The number of anilines is 2. The van der Waals surface area contributed by atoms with Crippen LogP contribution in [0.2, 0.25) is 0 Å². The second-order valence-electron chi connectivity index (χ2n) is 2.74. The third-order valence-electron chi connectivity index (χ3n) is 1.73. The molecule has 0 bridgehead atoms. The third-order valence-corrected chi connectivity index (χ3v) is 1.73. The normalized spacial score (nSPS) is 9.12. The molecule has 0 atom stereocenters. The van der Waals surface area contributed by atoms with Gasteiger partial charge in [-0.05, 0) is 13.0 Å². The molecule has 0 aromatic carbocycles. The molecule has 1 aromatic heterocycles. The number of hydrogen-bond acceptors (Lipinski definition) is 6. The Labute approximate surface area is 99.3 Å². The fourth-order valence-electron chi connectivity index (χ4n) is 1.03. The van der Waals surface area contributed by atoms with Gasteiger partial charge in [0.05, 0.1) is 19.4 Å². The Bertz CT molecular complexity index is 385. The number of nitrogens with two attached hydrogens (primary N) is 2. The standard InChI is InChI=1S/C9H13N3O3.ClH/c1-3-15-8-5(9(13)14-2)4-6(10)7(11)12-8;/h4H,3,10H2,1-2H3,(H2,11,12);1H. The van der Waals surface area contributed by atoms with E-state index in [1.54, 1.807) is 6.92 Å². The highest BCUT2D eigenvalue weighted by Gasteiger charge is 2.16. The Morgan fingerprint density at radius 3 is 2.62 bits per heavy atom. The number of methoxy groups -OCH3 is 1. The van der Waals surface area contributed by atoms with E-state index in [0.29, 0.717) is 6.61 Å². The van der Waals surface area contributed by atoms with Gasteiger partial charge in [-0.25, -0.2) is 4.79 Å². The number of rotatable bonds is 3. The van der Waals surface area contributed by atoms with E-state index in [1.165, 1.54) is 13.2 Å². The van der Waals surface area contributed by atoms with Crippen LogP contribution in [-0.4, -0.2) is 24.7 Å². The van der Waals surface area contributed by atoms with Gasteiger partial charge in [0, 0.05) is 0 Å². The minimum atomic E-state index is -0.558. The second kappa shape index (κ2) is 6.02. The lowest BCUT2D eigenvalue weighted by molar-refractivity contribution is 0.0595. The highest BCUT2D eigenvalue weighted by Crippen LogP contribution is 2.23. The summed E-state index contributed by atoms with van der Waals surface area (Å²) in [5.74, 6) is -0.292. The van der Waals surface area contributed by atoms with E-state index >= 15 is 0 Å². The summed E-state index contributed by atoms with van der Waals surface area (Å²) in [6.45, 7) is 2.15. The number of esters is 1. The van der Waals surface area contributed by atoms with Crippen molar-refractivity contribution in [3.63, 3.8) is 0 Å². The number of carbonyl (C=O) groups excluding carboxylic acids is 1. The first-order valence-corrected chi connectivity index (χ1v) is 4.37. The van der Waals surface area contributed by atoms with E-state index in [-0.39, 0.29) is 35.4 Å². The first-order chi connectivity index (χ1) is 7.10. The van der Waals surface area contributed by atoms with Crippen LogP contribution in [0, 0.1) is 0 Å². The quantitative estimate of drug-likeness (QED) is 0.768. The van der Waals surface area contributed by atoms with Crippen molar-refractivity contribution in [1.82, 2.24) is 4.98 Å². The molecule has 0 radical (unpaired) electrons. The van der Waals surface area contributed by atoms with Gasteiger partial charge in [0.1, 0.15) is 5.56 Å². The Morgan fingerprint density at radius 2 is 2.12 bits per heavy atom. The largest absolute Gasteiger partial charge is 0.477 e. The highest BCUT2D eigenvalue weighted by atomic mass is 35.5. The Morgan fingerprint density at radius 1 is 1.50 bits per heavy atom. The van der Waals surface area contributed by atoms with E-state index < -0.39 is 5.97 Å². The maximum absolute atomic E-state index is 11.3. The molecule has 4 N–H and O–H groups in total. The van der Waals surface area contributed by atoms with Crippen LogP contribution in [0.25, 0.3) is 0 Å². The van der Waals surface area contributed by atoms with Crippen molar-refractivity contribution in [2.75, 3.05) is 25.2 Å². The Kier molecular flexibility index (Phi) is 5.38. The lowest BCUT2D eigenvalue weighted by Gasteiger charge is -2.09. The SMILES string of the molecule is CCOc1nc(N)c(N)cc1C(=O)OC.Cl. The number of pyridine rings is 1. The molecule has 0 aliphatic heterocycles. The molecule has 0 saturated heterocycles. The van der Waals surface area contributed by atoms with Gasteiger partial charge in [0.2, 0.25) is 5.88 Å². The lowest BCUT2D eigenvalue weighted by Crippen LogP contribution is -2.10. The van der Waals surface area contributed by atoms with Crippen LogP contribution in [0.3, 0.4) is 0 Å². The van der Waals surface area contributed by atoms with E-state index in [9.17, 15) is 4.79 Å². The number of nitrogens with zero attached hydrogens (tertiary/aromatic N) is 1. The molecular weight excluding hydrogens is 234 g/mol. The van der Waals surface area contributed by atoms with E-state index in [2.05, 4.69) is 9.72 Å². The molecule has 0 amide bonds. The van der Waals surface area contributed by atoms with Gasteiger partial charge < -0.3 is 20.9 Å². The van der Waals surface area contributed by atoms with E-state index in [0.717, 1.165) is 0 Å². The Balaban J connectivity index is 0.00000225. The fraction of sp³-hybridized carbons (Fsp3) is 0.333. The minimum Gasteiger partial charge on any atom is -0.477 e. The minimum absolute atomic E-state index is 0. The predicted octanol–water partition coefficient (Wildman–Crippen LogP) is 0.853. The van der Waals surface area contributed by atoms with Crippen LogP contribution in [0.15, 0.2) is 6.07 Å². The molecule has 0 saturated carbocycles. The molecule has 7 heteroatoms. The van der Waals surface area contributed by atoms with Gasteiger partial charge in [-0.1, -0.05) is 0 Å². The van der Waals surface area contributed by atoms with E-state index in [4.69, 9.17) is 16.2 Å². The van der Waals surface area contributed by atoms with Crippen LogP contribution < -0.4 is 16.2 Å². The van der Waals surface area contributed by atoms with Crippen LogP contribution in [-0.2, 0) is 4.74 Å². The van der Waals surface area contributed by atoms with Crippen molar-refractivity contribution < 1.29 is 14.3 Å². The van der Waals surface area contributed by atoms with Crippen molar-refractivity contribution >= 4 is 29.9 Å². The predicted molar refractivity (Wildman–Crippen MR) is 62.8 cm³/mol. The zero-order chi connectivity index (χ0) is 11.4. The second-order valence-corrected chi connectivity index (χ2v) is 2.74. The average molecular weight is 248 g/mol. The van der Waals surface area contributed by atoms with Crippen molar-refractivity contribution in [2.45, 2.75) is 6.92 Å². The molecule has 0 spiro atoms. The van der Waals surface area contributed by atoms with Gasteiger partial charge in [0.25, 0.3) is 0 Å². The van der Waals surface area contributed by atoms with Crippen molar-refractivity contribution in [3.05, 3.63) is 11.6 Å². The highest BCUT2D eigenvalue weighted by molar-refractivity contribution is 5.93. The monoisotopic (exact) mass is 247 g/mol. The summed E-state index contributed by atoms with van der Waals surface area (Å²) in [5, 5.41) is 0. The molecule has 0 aliphatic carbocycles. The summed E-state index contributed by atoms with van der Waals surface area (Å²) in [4.78, 5) is 15.2. The maximum atomic E-state index is 11.3. The van der Waals surface area contributed by atoms with Crippen molar-refractivity contribution in [3.8, 4) is 5.88 Å². The molecule has 1 aromatic rings. The summed E-state index contributed by atoms with van der Waals surface area (Å²) in [6.07, 6.45) is 0. The molecule has 0 aliphatic rings. The van der Waals surface area contributed by atoms with Gasteiger partial charge in [0.15, 0.2) is 5.82 Å². The van der Waals surface area contributed by atoms with Crippen LogP contribution in [0.1, 0.15) is 17.3 Å². The average Bonchev–Trinajstić information content (AvgIpc) is 2.22. The first kappa shape index (κ1) is 14.3. The number of nitrogen functional groups attached to an aromatic ring is 2. The molecule has 0 unspecified atom stereocenters. The molecule has 16 heavy (non-hydrogen) atoms. The fourth-order valence-corrected chi connectivity index (χ4v) is 1.03. The zero-order valence-electron chi connectivity index (χ0n) is 9.02. The number of hydrogen-bond donors (Lipinski definition) is 2. The molecule has 0 fully saturated rings. The topological polar surface area (TPSA) is 100 Å². The van der Waals surface area contributed by atoms with E-state index in [1.807, 2.05) is 0 Å². The van der Waals surface area contributed by atoms with Gasteiger partial charge in [-0.3, -0.25) is 0 Å². The summed E-state index contributed by atoms with van der Waals surface area (Å²) < 4.78 is 9.71. The summed E-state index contributed by atoms with van der Waals surface area (Å²) >= 11 is 0. The van der Waals surface area contributed by atoms with Gasteiger partial charge >= 0.3 is 5.97 Å². The first-order valence-electron chi connectivity index (χ1n) is 4.37.